The van der Waals surface area contributed by atoms with Crippen LogP contribution in [0.25, 0.3) is 11.3 Å². The van der Waals surface area contributed by atoms with Crippen molar-refractivity contribution in [2.45, 2.75) is 25.3 Å². The maximum absolute atomic E-state index is 11.7. The van der Waals surface area contributed by atoms with Crippen LogP contribution in [-0.4, -0.2) is 13.0 Å². The number of benzene rings is 2. The molecule has 0 unspecified atom stereocenters. The molecule has 0 radical (unpaired) electrons. The lowest BCUT2D eigenvalue weighted by Gasteiger charge is -2.09. The highest BCUT2D eigenvalue weighted by atomic mass is 79.9. The molecule has 9 heteroatoms. The molecule has 5 nitrogen and oxygen atoms in total. The number of hydrogen-bond acceptors (Lipinski definition) is 4. The first-order valence-corrected chi connectivity index (χ1v) is 10.7. The first kappa shape index (κ1) is 21.8. The van der Waals surface area contributed by atoms with E-state index in [1.165, 1.54) is 23.0 Å². The predicted molar refractivity (Wildman–Crippen MR) is 117 cm³/mol. The molecule has 27 heavy (non-hydrogen) atoms. The van der Waals surface area contributed by atoms with Crippen molar-refractivity contribution in [3.05, 3.63) is 63.2 Å². The summed E-state index contributed by atoms with van der Waals surface area (Å²) in [6, 6.07) is 12.8. The van der Waals surface area contributed by atoms with Crippen LogP contribution in [-0.2, 0) is 16.6 Å². The fourth-order valence-corrected chi connectivity index (χ4v) is 4.63. The van der Waals surface area contributed by atoms with Crippen LogP contribution < -0.4 is 9.94 Å². The van der Waals surface area contributed by atoms with Crippen LogP contribution >= 0.6 is 39.9 Å². The number of sulfonamides is 1. The van der Waals surface area contributed by atoms with E-state index in [2.05, 4.69) is 0 Å². The van der Waals surface area contributed by atoms with E-state index < -0.39 is 10.0 Å². The molecule has 1 aromatic heterocycles. The Balaban J connectivity index is 0.00000261. The van der Waals surface area contributed by atoms with Crippen LogP contribution in [0.1, 0.15) is 12.5 Å². The number of nitrogens with zero attached hydrogens (tertiary/aromatic N) is 2. The van der Waals surface area contributed by atoms with E-state index in [0.717, 1.165) is 21.7 Å². The highest BCUT2D eigenvalue weighted by Gasteiger charge is 2.16. The summed E-state index contributed by atoms with van der Waals surface area (Å²) in [7, 11) is -3.89. The van der Waals surface area contributed by atoms with Crippen molar-refractivity contribution in [2.75, 3.05) is 0 Å². The second kappa shape index (κ2) is 8.70. The van der Waals surface area contributed by atoms with Crippen molar-refractivity contribution in [2.24, 2.45) is 10.1 Å². The van der Waals surface area contributed by atoms with Crippen LogP contribution in [0.15, 0.2) is 57.7 Å². The van der Waals surface area contributed by atoms with E-state index in [9.17, 15) is 8.42 Å². The van der Waals surface area contributed by atoms with Gasteiger partial charge in [-0.15, -0.1) is 28.3 Å². The number of nitrogens with two attached hydrogens (primary N) is 1. The Bertz CT molecular complexity index is 1120. The van der Waals surface area contributed by atoms with Gasteiger partial charge >= 0.3 is 0 Å². The van der Waals surface area contributed by atoms with Crippen molar-refractivity contribution < 1.29 is 8.42 Å². The summed E-state index contributed by atoms with van der Waals surface area (Å²) >= 11 is 7.48. The fourth-order valence-electron chi connectivity index (χ4n) is 2.57. The number of thiazole rings is 1. The Morgan fingerprint density at radius 3 is 2.44 bits per heavy atom. The van der Waals surface area contributed by atoms with Crippen molar-refractivity contribution in [1.82, 2.24) is 4.57 Å². The van der Waals surface area contributed by atoms with Crippen molar-refractivity contribution in [3.8, 4) is 11.3 Å². The SMILES string of the molecule is Br.CCn1c(-c2ccc(Cl)c(S(N)(=O)=O)c2)cs/c1=N/c1ccc(C)cc1. The molecule has 2 N–H and O–H groups in total. The van der Waals surface area contributed by atoms with Gasteiger partial charge in [0, 0.05) is 17.5 Å². The molecule has 144 valence electrons. The Kier molecular flexibility index (Phi) is 7.04. The van der Waals surface area contributed by atoms with Gasteiger partial charge in [-0.05, 0) is 38.1 Å². The van der Waals surface area contributed by atoms with Gasteiger partial charge in [-0.1, -0.05) is 35.4 Å². The highest BCUT2D eigenvalue weighted by Crippen LogP contribution is 2.28. The third kappa shape index (κ3) is 4.89. The average molecular weight is 489 g/mol. The van der Waals surface area contributed by atoms with Crippen LogP contribution in [0.5, 0.6) is 0 Å². The van der Waals surface area contributed by atoms with Crippen LogP contribution in [0, 0.1) is 6.92 Å². The van der Waals surface area contributed by atoms with Crippen molar-refractivity contribution in [3.63, 3.8) is 0 Å². The van der Waals surface area contributed by atoms with Crippen LogP contribution in [0.2, 0.25) is 5.02 Å². The van der Waals surface area contributed by atoms with E-state index in [0.29, 0.717) is 6.54 Å². The Hall–Kier alpha value is -1.45. The quantitative estimate of drug-likeness (QED) is 0.580. The van der Waals surface area contributed by atoms with E-state index in [-0.39, 0.29) is 26.9 Å². The Morgan fingerprint density at radius 1 is 1.19 bits per heavy atom. The molecule has 0 saturated carbocycles. The van der Waals surface area contributed by atoms with E-state index in [1.807, 2.05) is 48.1 Å². The maximum Gasteiger partial charge on any atom is 0.239 e. The molecule has 0 atom stereocenters. The van der Waals surface area contributed by atoms with Crippen LogP contribution in [0.4, 0.5) is 5.69 Å². The molecule has 0 spiro atoms. The average Bonchev–Trinajstić information content (AvgIpc) is 2.99. The standard InChI is InChI=1S/C18H18ClN3O2S2.BrH/c1-3-22-16(13-6-9-15(19)17(10-13)26(20,23)24)11-25-18(22)21-14-7-4-12(2)5-8-14;/h4-11H,3H2,1-2H3,(H2,20,23,24);1H/b21-18+;. The summed E-state index contributed by atoms with van der Waals surface area (Å²) in [5, 5.41) is 7.32. The number of aryl methyl sites for hydroxylation is 1. The van der Waals surface area contributed by atoms with Gasteiger partial charge < -0.3 is 4.57 Å². The lowest BCUT2D eigenvalue weighted by atomic mass is 10.2. The molecule has 0 amide bonds. The molecule has 3 aromatic rings. The van der Waals surface area contributed by atoms with E-state index >= 15 is 0 Å². The summed E-state index contributed by atoms with van der Waals surface area (Å²) in [6.45, 7) is 4.74. The summed E-state index contributed by atoms with van der Waals surface area (Å²) in [5.41, 5.74) is 3.63. The zero-order valence-electron chi connectivity index (χ0n) is 14.7. The summed E-state index contributed by atoms with van der Waals surface area (Å²) < 4.78 is 25.5. The summed E-state index contributed by atoms with van der Waals surface area (Å²) in [4.78, 5) is 5.45. The zero-order valence-corrected chi connectivity index (χ0v) is 18.8. The molecule has 0 fully saturated rings. The lowest BCUT2D eigenvalue weighted by molar-refractivity contribution is 0.598. The number of halogens is 2. The number of rotatable bonds is 4. The van der Waals surface area contributed by atoms with Crippen molar-refractivity contribution >= 4 is 55.6 Å². The van der Waals surface area contributed by atoms with Crippen molar-refractivity contribution in [1.29, 1.82) is 0 Å². The first-order chi connectivity index (χ1) is 12.3. The smallest absolute Gasteiger partial charge is 0.239 e. The monoisotopic (exact) mass is 487 g/mol. The topological polar surface area (TPSA) is 77.5 Å². The number of aromatic nitrogens is 1. The summed E-state index contributed by atoms with van der Waals surface area (Å²) in [6.07, 6.45) is 0. The van der Waals surface area contributed by atoms with E-state index in [4.69, 9.17) is 21.7 Å². The highest BCUT2D eigenvalue weighted by molar-refractivity contribution is 8.93. The summed E-state index contributed by atoms with van der Waals surface area (Å²) in [5.74, 6) is 0. The minimum Gasteiger partial charge on any atom is -0.317 e. The molecule has 1 heterocycles. The molecule has 3 rings (SSSR count). The molecule has 0 aliphatic heterocycles. The lowest BCUT2D eigenvalue weighted by Crippen LogP contribution is -2.15. The molecule has 0 aliphatic rings. The number of hydrogen-bond donors (Lipinski definition) is 1. The first-order valence-electron chi connectivity index (χ1n) is 7.92. The molecule has 0 saturated heterocycles. The number of primary sulfonamides is 1. The molecule has 2 aromatic carbocycles. The second-order valence-electron chi connectivity index (χ2n) is 5.79. The van der Waals surface area contributed by atoms with Gasteiger partial charge in [0.25, 0.3) is 0 Å². The fraction of sp³-hybridized carbons (Fsp3) is 0.167. The largest absolute Gasteiger partial charge is 0.317 e. The van der Waals surface area contributed by atoms with E-state index in [1.54, 1.807) is 12.1 Å². The molecule has 0 bridgehead atoms. The molecular weight excluding hydrogens is 470 g/mol. The van der Waals surface area contributed by atoms with Crippen LogP contribution in [0.3, 0.4) is 0 Å². The van der Waals surface area contributed by atoms with Gasteiger partial charge in [-0.3, -0.25) is 0 Å². The molecular formula is C18H19BrClN3O2S2. The normalized spacial score (nSPS) is 12.1. The minimum atomic E-state index is -3.89. The van der Waals surface area contributed by atoms with Gasteiger partial charge in [0.15, 0.2) is 4.80 Å². The Labute approximate surface area is 178 Å². The van der Waals surface area contributed by atoms with Gasteiger partial charge in [-0.25, -0.2) is 18.5 Å². The van der Waals surface area contributed by atoms with Gasteiger partial charge in [0.05, 0.1) is 16.4 Å². The van der Waals surface area contributed by atoms with Gasteiger partial charge in [-0.2, -0.15) is 0 Å². The zero-order chi connectivity index (χ0) is 18.9. The Morgan fingerprint density at radius 2 is 1.85 bits per heavy atom. The molecule has 0 aliphatic carbocycles. The third-order valence-electron chi connectivity index (χ3n) is 3.91. The third-order valence-corrected chi connectivity index (χ3v) is 6.16. The maximum atomic E-state index is 11.7. The van der Waals surface area contributed by atoms with Gasteiger partial charge in [0.1, 0.15) is 4.90 Å². The van der Waals surface area contributed by atoms with Gasteiger partial charge in [0.2, 0.25) is 10.0 Å². The minimum absolute atomic E-state index is 0. The second-order valence-corrected chi connectivity index (χ2v) is 8.56. The predicted octanol–water partition coefficient (Wildman–Crippen LogP) is 4.66.